The summed E-state index contributed by atoms with van der Waals surface area (Å²) in [6.07, 6.45) is 7.39. The van der Waals surface area contributed by atoms with Gasteiger partial charge in [0.05, 0.1) is 19.7 Å². The van der Waals surface area contributed by atoms with E-state index in [1.807, 2.05) is 0 Å². The summed E-state index contributed by atoms with van der Waals surface area (Å²) in [5, 5.41) is 7.44. The first-order chi connectivity index (χ1) is 16.8. The molecular formula is C26H33FN4O4. The average molecular weight is 485 g/mol. The first-order valence-corrected chi connectivity index (χ1v) is 12.4. The van der Waals surface area contributed by atoms with Gasteiger partial charge in [0.2, 0.25) is 5.91 Å². The summed E-state index contributed by atoms with van der Waals surface area (Å²) in [7, 11) is 0. The Morgan fingerprint density at radius 2 is 1.86 bits per heavy atom. The number of benzene rings is 1. The van der Waals surface area contributed by atoms with Crippen LogP contribution in [0.5, 0.6) is 0 Å². The largest absolute Gasteiger partial charge is 0.461 e. The van der Waals surface area contributed by atoms with Crippen LogP contribution in [0.25, 0.3) is 0 Å². The van der Waals surface area contributed by atoms with E-state index in [1.54, 1.807) is 32.0 Å². The molecule has 0 saturated heterocycles. The number of halogens is 1. The first kappa shape index (κ1) is 24.9. The highest BCUT2D eigenvalue weighted by Gasteiger charge is 2.48. The van der Waals surface area contributed by atoms with Crippen molar-refractivity contribution in [2.75, 3.05) is 6.61 Å². The third kappa shape index (κ3) is 5.23. The molecule has 1 N–H and O–H groups in total. The lowest BCUT2D eigenvalue weighted by Crippen LogP contribution is -2.64. The highest BCUT2D eigenvalue weighted by Crippen LogP contribution is 2.31. The van der Waals surface area contributed by atoms with E-state index in [4.69, 9.17) is 4.74 Å². The minimum atomic E-state index is -1.33. The number of aromatic nitrogens is 2. The maximum Gasteiger partial charge on any atom is 0.358 e. The Morgan fingerprint density at radius 3 is 2.54 bits per heavy atom. The SMILES string of the molecule is CCOC(=O)c1cc2n(n1)C[C@@](C)(C(=O)NC1CCCCCCC1)N(Cc1ccccc1F)C2=O. The van der Waals surface area contributed by atoms with E-state index in [0.717, 1.165) is 38.5 Å². The van der Waals surface area contributed by atoms with Gasteiger partial charge in [0.1, 0.15) is 17.1 Å². The van der Waals surface area contributed by atoms with Gasteiger partial charge in [0.15, 0.2) is 5.69 Å². The lowest BCUT2D eigenvalue weighted by molar-refractivity contribution is -0.134. The van der Waals surface area contributed by atoms with Gasteiger partial charge in [-0.05, 0) is 32.8 Å². The van der Waals surface area contributed by atoms with Crippen LogP contribution in [0.1, 0.15) is 85.3 Å². The Kier molecular flexibility index (Phi) is 7.52. The number of carbonyl (C=O) groups excluding carboxylic acids is 3. The number of nitrogens with zero attached hydrogens (tertiary/aromatic N) is 3. The molecule has 2 amide bonds. The fourth-order valence-corrected chi connectivity index (χ4v) is 4.93. The van der Waals surface area contributed by atoms with Gasteiger partial charge in [-0.2, -0.15) is 5.10 Å². The monoisotopic (exact) mass is 484 g/mol. The second kappa shape index (κ2) is 10.6. The minimum Gasteiger partial charge on any atom is -0.461 e. The highest BCUT2D eigenvalue weighted by molar-refractivity contribution is 6.01. The molecule has 2 heterocycles. The molecule has 2 aromatic rings. The van der Waals surface area contributed by atoms with Gasteiger partial charge in [0, 0.05) is 17.7 Å². The van der Waals surface area contributed by atoms with Crippen molar-refractivity contribution in [1.82, 2.24) is 20.0 Å². The highest BCUT2D eigenvalue weighted by atomic mass is 19.1. The van der Waals surface area contributed by atoms with Gasteiger partial charge in [-0.25, -0.2) is 9.18 Å². The summed E-state index contributed by atoms with van der Waals surface area (Å²) in [5.41, 5.74) is -0.845. The lowest BCUT2D eigenvalue weighted by Gasteiger charge is -2.44. The van der Waals surface area contributed by atoms with E-state index in [9.17, 15) is 18.8 Å². The molecule has 9 heteroatoms. The summed E-state index contributed by atoms with van der Waals surface area (Å²) in [6.45, 7) is 3.50. The number of ether oxygens (including phenoxy) is 1. The number of fused-ring (bicyclic) bond motifs is 1. The number of esters is 1. The van der Waals surface area contributed by atoms with E-state index in [2.05, 4.69) is 10.4 Å². The third-order valence-corrected chi connectivity index (χ3v) is 7.00. The second-order valence-corrected chi connectivity index (χ2v) is 9.57. The zero-order valence-corrected chi connectivity index (χ0v) is 20.4. The Labute approximate surface area is 204 Å². The van der Waals surface area contributed by atoms with Gasteiger partial charge in [0.25, 0.3) is 5.91 Å². The number of hydrogen-bond donors (Lipinski definition) is 1. The van der Waals surface area contributed by atoms with Crippen LogP contribution in [0.15, 0.2) is 30.3 Å². The topological polar surface area (TPSA) is 93.5 Å². The molecule has 1 atom stereocenters. The molecule has 1 aliphatic heterocycles. The van der Waals surface area contributed by atoms with Crippen molar-refractivity contribution in [3.8, 4) is 0 Å². The molecule has 35 heavy (non-hydrogen) atoms. The molecule has 1 saturated carbocycles. The molecule has 1 fully saturated rings. The van der Waals surface area contributed by atoms with Crippen molar-refractivity contribution in [1.29, 1.82) is 0 Å². The van der Waals surface area contributed by atoms with Crippen molar-refractivity contribution in [3.05, 3.63) is 53.1 Å². The predicted octanol–water partition coefficient (Wildman–Crippen LogP) is 3.84. The van der Waals surface area contributed by atoms with Gasteiger partial charge >= 0.3 is 5.97 Å². The van der Waals surface area contributed by atoms with Crippen LogP contribution in [0.2, 0.25) is 0 Å². The Bertz CT molecular complexity index is 1090. The van der Waals surface area contributed by atoms with Crippen LogP contribution in [0.4, 0.5) is 4.39 Å². The van der Waals surface area contributed by atoms with Crippen LogP contribution >= 0.6 is 0 Å². The van der Waals surface area contributed by atoms with Crippen LogP contribution in [-0.2, 0) is 22.6 Å². The smallest absolute Gasteiger partial charge is 0.358 e. The van der Waals surface area contributed by atoms with Gasteiger partial charge < -0.3 is 15.0 Å². The van der Waals surface area contributed by atoms with E-state index >= 15 is 0 Å². The van der Waals surface area contributed by atoms with E-state index < -0.39 is 23.2 Å². The molecule has 8 nitrogen and oxygen atoms in total. The standard InChI is InChI=1S/C26H33FN4O4/c1-3-35-24(33)21-15-22-23(32)30(16-18-11-9-10-14-20(18)27)26(2,17-31(22)29-21)25(34)28-19-12-7-5-4-6-8-13-19/h9-11,14-15,19H,3-8,12-13,16-17H2,1-2H3,(H,28,34)/t26-/m0/s1. The summed E-state index contributed by atoms with van der Waals surface area (Å²) < 4.78 is 21.0. The zero-order chi connectivity index (χ0) is 25.0. The summed E-state index contributed by atoms with van der Waals surface area (Å²) in [6, 6.07) is 7.62. The van der Waals surface area contributed by atoms with Crippen molar-refractivity contribution in [2.45, 2.75) is 83.5 Å². The zero-order valence-electron chi connectivity index (χ0n) is 20.4. The van der Waals surface area contributed by atoms with Crippen molar-refractivity contribution >= 4 is 17.8 Å². The quantitative estimate of drug-likeness (QED) is 0.629. The summed E-state index contributed by atoms with van der Waals surface area (Å²) >= 11 is 0. The minimum absolute atomic E-state index is 0.00529. The fourth-order valence-electron chi connectivity index (χ4n) is 4.93. The predicted molar refractivity (Wildman–Crippen MR) is 127 cm³/mol. The summed E-state index contributed by atoms with van der Waals surface area (Å²) in [4.78, 5) is 41.0. The number of nitrogens with one attached hydrogen (secondary N) is 1. The third-order valence-electron chi connectivity index (χ3n) is 7.00. The van der Waals surface area contributed by atoms with Crippen LogP contribution in [0.3, 0.4) is 0 Å². The lowest BCUT2D eigenvalue weighted by atomic mass is 9.91. The Hall–Kier alpha value is -3.23. The normalized spacial score (nSPS) is 21.1. The van der Waals surface area contributed by atoms with Crippen LogP contribution in [-0.4, -0.2) is 50.7 Å². The molecule has 4 rings (SSSR count). The van der Waals surface area contributed by atoms with Gasteiger partial charge in [-0.3, -0.25) is 14.3 Å². The van der Waals surface area contributed by atoms with Crippen molar-refractivity contribution < 1.29 is 23.5 Å². The maximum atomic E-state index is 14.6. The van der Waals surface area contributed by atoms with Gasteiger partial charge in [-0.1, -0.05) is 50.3 Å². The molecule has 0 radical (unpaired) electrons. The number of amides is 2. The van der Waals surface area contributed by atoms with Crippen molar-refractivity contribution in [2.24, 2.45) is 0 Å². The van der Waals surface area contributed by atoms with Crippen LogP contribution < -0.4 is 5.32 Å². The molecular weight excluding hydrogens is 451 g/mol. The molecule has 0 spiro atoms. The molecule has 1 aromatic heterocycles. The van der Waals surface area contributed by atoms with Crippen molar-refractivity contribution in [3.63, 3.8) is 0 Å². The molecule has 1 aliphatic carbocycles. The number of rotatable bonds is 6. The van der Waals surface area contributed by atoms with Crippen LogP contribution in [0, 0.1) is 5.82 Å². The number of carbonyl (C=O) groups is 3. The summed E-state index contributed by atoms with van der Waals surface area (Å²) in [5.74, 6) is -1.87. The fraction of sp³-hybridized carbons (Fsp3) is 0.538. The van der Waals surface area contributed by atoms with E-state index in [1.165, 1.54) is 28.1 Å². The molecule has 0 bridgehead atoms. The Morgan fingerprint density at radius 1 is 1.17 bits per heavy atom. The first-order valence-electron chi connectivity index (χ1n) is 12.4. The molecule has 1 aromatic carbocycles. The second-order valence-electron chi connectivity index (χ2n) is 9.57. The van der Waals surface area contributed by atoms with E-state index in [-0.39, 0.29) is 43.0 Å². The molecule has 0 unspecified atom stereocenters. The number of hydrogen-bond acceptors (Lipinski definition) is 5. The Balaban J connectivity index is 1.67. The average Bonchev–Trinajstić information content (AvgIpc) is 3.23. The molecule has 188 valence electrons. The van der Waals surface area contributed by atoms with Gasteiger partial charge in [-0.15, -0.1) is 0 Å². The maximum absolute atomic E-state index is 14.6. The van der Waals surface area contributed by atoms with E-state index in [0.29, 0.717) is 5.56 Å². The molecule has 2 aliphatic rings.